The number of hydrogen-bond acceptors (Lipinski definition) is 2. The highest BCUT2D eigenvalue weighted by Crippen LogP contribution is 2.55. The molecule has 27 heavy (non-hydrogen) atoms. The van der Waals surface area contributed by atoms with Crippen molar-refractivity contribution < 1.29 is 75.0 Å². The summed E-state index contributed by atoms with van der Waals surface area (Å²) in [6.07, 6.45) is -22.0. The van der Waals surface area contributed by atoms with Crippen LogP contribution in [0, 0.1) is 0 Å². The average molecular weight is 445 g/mol. The smallest absolute Gasteiger partial charge is 0.288 e. The molecular weight excluding hydrogens is 442 g/mol. The second kappa shape index (κ2) is 6.26. The average Bonchev–Trinajstić information content (AvgIpc) is 2.40. The molecule has 0 rings (SSSR count). The van der Waals surface area contributed by atoms with Gasteiger partial charge in [-0.25, -0.2) is 4.39 Å². The third kappa shape index (κ3) is 3.63. The van der Waals surface area contributed by atoms with Crippen molar-refractivity contribution in [3.63, 3.8) is 0 Å². The minimum Gasteiger partial charge on any atom is -0.288 e. The van der Waals surface area contributed by atoms with E-state index >= 15 is 0 Å². The van der Waals surface area contributed by atoms with Gasteiger partial charge in [0.2, 0.25) is 0 Å². The fourth-order valence-corrected chi connectivity index (χ4v) is 1.34. The van der Waals surface area contributed by atoms with E-state index in [0.717, 1.165) is 0 Å². The molecule has 162 valence electrons. The number of carbonyl (C=O) groups is 1. The first kappa shape index (κ1) is 25.5. The Kier molecular flexibility index (Phi) is 5.92. The predicted octanol–water partition coefficient (Wildman–Crippen LogP) is 4.70. The van der Waals surface area contributed by atoms with E-state index in [2.05, 4.69) is 0 Å². The Morgan fingerprint density at radius 3 is 1.15 bits per heavy atom. The molecule has 0 spiro atoms. The Bertz CT molecular complexity index is 554. The number of halogens is 16. The fraction of sp³-hybridized carbons (Fsp3) is 0.889. The molecular formula is C9H3F16NO. The van der Waals surface area contributed by atoms with E-state index in [4.69, 9.17) is 0 Å². The molecule has 0 aliphatic carbocycles. The van der Waals surface area contributed by atoms with Gasteiger partial charge in [-0.2, -0.15) is 70.8 Å². The molecule has 0 saturated heterocycles. The first-order valence-electron chi connectivity index (χ1n) is 5.62. The minimum absolute atomic E-state index is 1.04. The highest BCUT2D eigenvalue weighted by molar-refractivity contribution is 5.96. The van der Waals surface area contributed by atoms with E-state index < -0.39 is 59.9 Å². The lowest BCUT2D eigenvalue weighted by atomic mass is 9.90. The summed E-state index contributed by atoms with van der Waals surface area (Å²) in [6.45, 7) is 0. The zero-order chi connectivity index (χ0) is 22.7. The van der Waals surface area contributed by atoms with Crippen molar-refractivity contribution in [3.05, 3.63) is 0 Å². The van der Waals surface area contributed by atoms with Gasteiger partial charge in [-0.15, -0.1) is 0 Å². The predicted molar refractivity (Wildman–Crippen MR) is 49.6 cm³/mol. The standard InChI is InChI=1S/C9H3F16NO/c1-26(9(23,24)25)8(21,22)5(13,14)4(11,12)2(27)3(10,6(15,16)17)7(18,19)20/h1H3. The van der Waals surface area contributed by atoms with Crippen molar-refractivity contribution in [1.82, 2.24) is 4.90 Å². The van der Waals surface area contributed by atoms with Gasteiger partial charge < -0.3 is 0 Å². The number of nitrogens with zero attached hydrogens (tertiary/aromatic N) is 1. The minimum atomic E-state index is -7.89. The van der Waals surface area contributed by atoms with E-state index in [1.54, 1.807) is 0 Å². The lowest BCUT2D eigenvalue weighted by Gasteiger charge is -2.39. The van der Waals surface area contributed by atoms with Gasteiger partial charge in [0, 0.05) is 7.05 Å². The molecule has 0 saturated carbocycles. The van der Waals surface area contributed by atoms with Crippen LogP contribution in [0.5, 0.6) is 0 Å². The van der Waals surface area contributed by atoms with Crippen LogP contribution in [0.1, 0.15) is 0 Å². The van der Waals surface area contributed by atoms with E-state index in [0.29, 0.717) is 0 Å². The number of rotatable bonds is 5. The molecule has 0 bridgehead atoms. The number of Topliss-reactive ketones (excluding diaryl/α,β-unsaturated/α-hetero) is 1. The van der Waals surface area contributed by atoms with E-state index in [9.17, 15) is 75.0 Å². The van der Waals surface area contributed by atoms with Gasteiger partial charge in [-0.1, -0.05) is 0 Å². The van der Waals surface area contributed by atoms with Crippen LogP contribution in [-0.4, -0.2) is 59.9 Å². The second-order valence-electron chi connectivity index (χ2n) is 4.70. The van der Waals surface area contributed by atoms with Crippen LogP contribution in [0.25, 0.3) is 0 Å². The maximum Gasteiger partial charge on any atom is 0.464 e. The van der Waals surface area contributed by atoms with Crippen LogP contribution in [0.15, 0.2) is 0 Å². The quantitative estimate of drug-likeness (QED) is 0.452. The van der Waals surface area contributed by atoms with Crippen molar-refractivity contribution >= 4 is 5.78 Å². The Morgan fingerprint density at radius 1 is 0.630 bits per heavy atom. The van der Waals surface area contributed by atoms with Gasteiger partial charge in [-0.05, 0) is 0 Å². The maximum absolute atomic E-state index is 13.2. The summed E-state index contributed by atoms with van der Waals surface area (Å²) in [5, 5.41) is 0. The molecule has 0 fully saturated rings. The number of alkyl halides is 16. The molecule has 0 amide bonds. The van der Waals surface area contributed by atoms with Gasteiger partial charge in [-0.3, -0.25) is 4.79 Å². The van der Waals surface area contributed by atoms with Gasteiger partial charge in [0.25, 0.3) is 5.78 Å². The van der Waals surface area contributed by atoms with Gasteiger partial charge in [0.15, 0.2) is 0 Å². The third-order valence-corrected chi connectivity index (χ3v) is 2.95. The van der Waals surface area contributed by atoms with Crippen LogP contribution >= 0.6 is 0 Å². The molecule has 0 atom stereocenters. The molecule has 0 radical (unpaired) electrons. The molecule has 0 aromatic heterocycles. The van der Waals surface area contributed by atoms with Crippen LogP contribution in [-0.2, 0) is 4.79 Å². The van der Waals surface area contributed by atoms with Crippen LogP contribution < -0.4 is 0 Å². The first-order valence-corrected chi connectivity index (χ1v) is 5.62. The molecule has 2 nitrogen and oxygen atoms in total. The van der Waals surface area contributed by atoms with Crippen molar-refractivity contribution in [2.75, 3.05) is 7.05 Å². The number of carbonyl (C=O) groups excluding carboxylic acids is 1. The Hall–Kier alpha value is -1.49. The van der Waals surface area contributed by atoms with Crippen LogP contribution in [0.2, 0.25) is 0 Å². The first-order chi connectivity index (χ1) is 11.3. The molecule has 18 heteroatoms. The largest absolute Gasteiger partial charge is 0.464 e. The van der Waals surface area contributed by atoms with Gasteiger partial charge in [0.05, 0.1) is 0 Å². The molecule has 0 heterocycles. The Morgan fingerprint density at radius 2 is 0.926 bits per heavy atom. The normalized spacial score (nSPS) is 16.1. The summed E-state index contributed by atoms with van der Waals surface area (Å²) in [4.78, 5) is 7.85. The molecule has 0 aromatic rings. The number of hydrogen-bond donors (Lipinski definition) is 0. The monoisotopic (exact) mass is 445 g/mol. The number of ketones is 1. The lowest BCUT2D eigenvalue weighted by molar-refractivity contribution is -0.406. The zero-order valence-corrected chi connectivity index (χ0v) is 11.9. The summed E-state index contributed by atoms with van der Waals surface area (Å²) >= 11 is 0. The summed E-state index contributed by atoms with van der Waals surface area (Å²) in [7, 11) is -1.04. The summed E-state index contributed by atoms with van der Waals surface area (Å²) in [5.74, 6) is -21.2. The van der Waals surface area contributed by atoms with Gasteiger partial charge >= 0.3 is 42.2 Å². The third-order valence-electron chi connectivity index (χ3n) is 2.95. The summed E-state index contributed by atoms with van der Waals surface area (Å²) < 4.78 is 201. The van der Waals surface area contributed by atoms with Gasteiger partial charge in [0.1, 0.15) is 0 Å². The Labute approximate surface area is 136 Å². The van der Waals surface area contributed by atoms with E-state index in [-0.39, 0.29) is 0 Å². The maximum atomic E-state index is 13.2. The zero-order valence-electron chi connectivity index (χ0n) is 11.9. The van der Waals surface area contributed by atoms with E-state index in [1.165, 1.54) is 0 Å². The fourth-order valence-electron chi connectivity index (χ4n) is 1.34. The molecule has 0 unspecified atom stereocenters. The Balaban J connectivity index is 6.59. The highest BCUT2D eigenvalue weighted by Gasteiger charge is 2.87. The van der Waals surface area contributed by atoms with Crippen molar-refractivity contribution in [2.45, 2.75) is 42.2 Å². The van der Waals surface area contributed by atoms with Crippen molar-refractivity contribution in [3.8, 4) is 0 Å². The SMILES string of the molecule is CN(C(F)(F)F)C(F)(F)C(F)(F)C(F)(F)C(=O)C(F)(C(F)(F)F)C(F)(F)F. The van der Waals surface area contributed by atoms with Crippen molar-refractivity contribution in [1.29, 1.82) is 0 Å². The van der Waals surface area contributed by atoms with Crippen LogP contribution in [0.4, 0.5) is 70.2 Å². The van der Waals surface area contributed by atoms with E-state index in [1.807, 2.05) is 0 Å². The van der Waals surface area contributed by atoms with Crippen LogP contribution in [0.3, 0.4) is 0 Å². The van der Waals surface area contributed by atoms with Crippen molar-refractivity contribution in [2.24, 2.45) is 0 Å². The topological polar surface area (TPSA) is 20.3 Å². The lowest BCUT2D eigenvalue weighted by Crippen LogP contribution is -2.72. The highest BCUT2D eigenvalue weighted by atomic mass is 19.4. The molecule has 0 aromatic carbocycles. The summed E-state index contributed by atoms with van der Waals surface area (Å²) in [5.41, 5.74) is -7.79. The molecule has 0 N–H and O–H groups in total. The second-order valence-corrected chi connectivity index (χ2v) is 4.70. The summed E-state index contributed by atoms with van der Waals surface area (Å²) in [6, 6.07) is -7.28. The molecule has 0 aliphatic rings. The molecule has 0 aliphatic heterocycles.